The van der Waals surface area contributed by atoms with Crippen LogP contribution in [0.5, 0.6) is 0 Å². The van der Waals surface area contributed by atoms with Crippen molar-refractivity contribution in [2.75, 3.05) is 6.54 Å². The van der Waals surface area contributed by atoms with E-state index in [1.54, 1.807) is 18.2 Å². The summed E-state index contributed by atoms with van der Waals surface area (Å²) in [5, 5.41) is 10.0. The molecule has 28 heavy (non-hydrogen) atoms. The van der Waals surface area contributed by atoms with Crippen LogP contribution in [0.4, 0.5) is 5.69 Å². The Balaban J connectivity index is 0.000000668. The number of nitro benzene ring substituents is 1. The minimum absolute atomic E-state index is 0.137. The third-order valence-corrected chi connectivity index (χ3v) is 5.02. The SMILES string of the molecule is CCCCCCCCCCCCCCCCCCN.O=[N+]([O-])c1ccccc1. The van der Waals surface area contributed by atoms with Gasteiger partial charge < -0.3 is 5.73 Å². The summed E-state index contributed by atoms with van der Waals surface area (Å²) in [6, 6.07) is 7.93. The van der Waals surface area contributed by atoms with E-state index >= 15 is 0 Å². The van der Waals surface area contributed by atoms with Gasteiger partial charge in [-0.2, -0.15) is 0 Å². The fourth-order valence-electron chi connectivity index (χ4n) is 3.24. The van der Waals surface area contributed by atoms with Crippen molar-refractivity contribution in [3.63, 3.8) is 0 Å². The van der Waals surface area contributed by atoms with Crippen LogP contribution in [0.3, 0.4) is 0 Å². The highest BCUT2D eigenvalue weighted by molar-refractivity contribution is 5.27. The van der Waals surface area contributed by atoms with Crippen LogP contribution in [0.15, 0.2) is 30.3 Å². The molecule has 1 aromatic carbocycles. The number of hydrogen-bond acceptors (Lipinski definition) is 3. The van der Waals surface area contributed by atoms with Crippen molar-refractivity contribution in [1.29, 1.82) is 0 Å². The second kappa shape index (κ2) is 21.9. The molecule has 4 heteroatoms. The number of unbranched alkanes of at least 4 members (excludes halogenated alkanes) is 15. The zero-order valence-electron chi connectivity index (χ0n) is 18.2. The number of non-ortho nitro benzene ring substituents is 1. The maximum Gasteiger partial charge on any atom is 0.269 e. The molecular weight excluding hydrogens is 348 g/mol. The zero-order chi connectivity index (χ0) is 20.7. The molecule has 0 aliphatic carbocycles. The third-order valence-electron chi connectivity index (χ3n) is 5.02. The molecule has 4 nitrogen and oxygen atoms in total. The Labute approximate surface area is 173 Å². The van der Waals surface area contributed by atoms with Gasteiger partial charge >= 0.3 is 0 Å². The van der Waals surface area contributed by atoms with Gasteiger partial charge in [-0.05, 0) is 13.0 Å². The first-order chi connectivity index (χ1) is 13.7. The number of nitro groups is 1. The molecule has 0 aromatic heterocycles. The molecule has 0 aliphatic heterocycles. The van der Waals surface area contributed by atoms with Crippen LogP contribution < -0.4 is 5.73 Å². The number of nitrogens with zero attached hydrogens (tertiary/aromatic N) is 1. The molecule has 0 spiro atoms. The van der Waals surface area contributed by atoms with E-state index in [1.165, 1.54) is 115 Å². The molecular formula is C24H44N2O2. The lowest BCUT2D eigenvalue weighted by Gasteiger charge is -2.03. The summed E-state index contributed by atoms with van der Waals surface area (Å²) in [5.74, 6) is 0. The summed E-state index contributed by atoms with van der Waals surface area (Å²) < 4.78 is 0. The Morgan fingerprint density at radius 2 is 1.04 bits per heavy atom. The molecule has 0 unspecified atom stereocenters. The lowest BCUT2D eigenvalue weighted by Crippen LogP contribution is -1.97. The molecule has 0 radical (unpaired) electrons. The topological polar surface area (TPSA) is 69.2 Å². The van der Waals surface area contributed by atoms with Crippen molar-refractivity contribution in [2.24, 2.45) is 5.73 Å². The number of para-hydroxylation sites is 1. The van der Waals surface area contributed by atoms with Gasteiger partial charge in [-0.25, -0.2) is 0 Å². The highest BCUT2D eigenvalue weighted by Crippen LogP contribution is 2.13. The first-order valence-corrected chi connectivity index (χ1v) is 11.6. The van der Waals surface area contributed by atoms with Crippen molar-refractivity contribution < 1.29 is 4.92 Å². The van der Waals surface area contributed by atoms with E-state index in [2.05, 4.69) is 6.92 Å². The van der Waals surface area contributed by atoms with Crippen LogP contribution >= 0.6 is 0 Å². The van der Waals surface area contributed by atoms with E-state index in [1.807, 2.05) is 0 Å². The maximum absolute atomic E-state index is 10.0. The van der Waals surface area contributed by atoms with Gasteiger partial charge in [-0.1, -0.05) is 121 Å². The van der Waals surface area contributed by atoms with Crippen LogP contribution in [-0.4, -0.2) is 11.5 Å². The van der Waals surface area contributed by atoms with Crippen molar-refractivity contribution in [1.82, 2.24) is 0 Å². The van der Waals surface area contributed by atoms with E-state index in [0.29, 0.717) is 0 Å². The van der Waals surface area contributed by atoms with E-state index in [-0.39, 0.29) is 5.69 Å². The second-order valence-corrected chi connectivity index (χ2v) is 7.68. The Bertz CT molecular complexity index is 421. The Morgan fingerprint density at radius 3 is 1.32 bits per heavy atom. The van der Waals surface area contributed by atoms with Crippen molar-refractivity contribution in [2.45, 2.75) is 110 Å². The largest absolute Gasteiger partial charge is 0.330 e. The highest BCUT2D eigenvalue weighted by Gasteiger charge is 1.98. The van der Waals surface area contributed by atoms with Crippen LogP contribution in [0.1, 0.15) is 110 Å². The first-order valence-electron chi connectivity index (χ1n) is 11.6. The van der Waals surface area contributed by atoms with E-state index in [4.69, 9.17) is 5.73 Å². The second-order valence-electron chi connectivity index (χ2n) is 7.68. The van der Waals surface area contributed by atoms with Crippen LogP contribution in [0.2, 0.25) is 0 Å². The van der Waals surface area contributed by atoms with Crippen molar-refractivity contribution >= 4 is 5.69 Å². The molecule has 1 rings (SSSR count). The van der Waals surface area contributed by atoms with Crippen molar-refractivity contribution in [3.05, 3.63) is 40.4 Å². The van der Waals surface area contributed by atoms with Gasteiger partial charge in [0.1, 0.15) is 0 Å². The number of hydrogen-bond donors (Lipinski definition) is 1. The fraction of sp³-hybridized carbons (Fsp3) is 0.750. The minimum Gasteiger partial charge on any atom is -0.330 e. The molecule has 0 aliphatic rings. The fourth-order valence-corrected chi connectivity index (χ4v) is 3.24. The lowest BCUT2D eigenvalue weighted by atomic mass is 10.0. The molecule has 0 amide bonds. The highest BCUT2D eigenvalue weighted by atomic mass is 16.6. The van der Waals surface area contributed by atoms with E-state index in [0.717, 1.165) is 6.54 Å². The molecule has 0 atom stereocenters. The number of benzene rings is 1. The minimum atomic E-state index is -0.417. The molecule has 1 aromatic rings. The molecule has 0 bridgehead atoms. The molecule has 0 saturated heterocycles. The van der Waals surface area contributed by atoms with Crippen molar-refractivity contribution in [3.8, 4) is 0 Å². The Morgan fingerprint density at radius 1 is 0.679 bits per heavy atom. The predicted molar refractivity (Wildman–Crippen MR) is 122 cm³/mol. The lowest BCUT2D eigenvalue weighted by molar-refractivity contribution is -0.384. The average molecular weight is 393 g/mol. The molecule has 162 valence electrons. The zero-order valence-corrected chi connectivity index (χ0v) is 18.2. The predicted octanol–water partition coefficient (Wildman–Crippen LogP) is 7.80. The summed E-state index contributed by atoms with van der Waals surface area (Å²) in [4.78, 5) is 9.59. The number of rotatable bonds is 17. The van der Waals surface area contributed by atoms with Gasteiger partial charge in [0, 0.05) is 12.1 Å². The quantitative estimate of drug-likeness (QED) is 0.167. The number of nitrogens with two attached hydrogens (primary N) is 1. The van der Waals surface area contributed by atoms with E-state index in [9.17, 15) is 10.1 Å². The van der Waals surface area contributed by atoms with Gasteiger partial charge in [0.05, 0.1) is 4.92 Å². The van der Waals surface area contributed by atoms with Gasteiger partial charge in [0.2, 0.25) is 0 Å². The van der Waals surface area contributed by atoms with Gasteiger partial charge in [0.25, 0.3) is 5.69 Å². The van der Waals surface area contributed by atoms with Crippen LogP contribution in [0.25, 0.3) is 0 Å². The summed E-state index contributed by atoms with van der Waals surface area (Å²) in [6.45, 7) is 3.16. The van der Waals surface area contributed by atoms with E-state index < -0.39 is 4.92 Å². The summed E-state index contributed by atoms with van der Waals surface area (Å²) in [5.41, 5.74) is 5.62. The van der Waals surface area contributed by atoms with Gasteiger partial charge in [-0.3, -0.25) is 10.1 Å². The summed E-state index contributed by atoms with van der Waals surface area (Å²) in [7, 11) is 0. The molecule has 0 heterocycles. The molecule has 2 N–H and O–H groups in total. The monoisotopic (exact) mass is 392 g/mol. The normalized spacial score (nSPS) is 10.4. The van der Waals surface area contributed by atoms with Gasteiger partial charge in [0.15, 0.2) is 0 Å². The Hall–Kier alpha value is -1.42. The smallest absolute Gasteiger partial charge is 0.269 e. The maximum atomic E-state index is 10.0. The molecule has 0 fully saturated rings. The van der Waals surface area contributed by atoms with Gasteiger partial charge in [-0.15, -0.1) is 0 Å². The standard InChI is InChI=1S/C18H39N.C6H5NO2/c1-2-3-4-5-6-7-8-9-10-11-12-13-14-15-16-17-18-19;8-7(9)6-4-2-1-3-5-6/h2-19H2,1H3;1-5H. The first kappa shape index (κ1) is 26.6. The van der Waals surface area contributed by atoms with Crippen LogP contribution in [-0.2, 0) is 0 Å². The average Bonchev–Trinajstić information content (AvgIpc) is 2.72. The Kier molecular flexibility index (Phi) is 20.8. The third kappa shape index (κ3) is 19.3. The van der Waals surface area contributed by atoms with Crippen LogP contribution in [0, 0.1) is 10.1 Å². The molecule has 0 saturated carbocycles. The summed E-state index contributed by atoms with van der Waals surface area (Å²) >= 11 is 0. The summed E-state index contributed by atoms with van der Waals surface area (Å²) in [6.07, 6.45) is 22.9.